The van der Waals surface area contributed by atoms with Crippen molar-refractivity contribution in [3.8, 4) is 0 Å². The van der Waals surface area contributed by atoms with Crippen LogP contribution in [0.5, 0.6) is 0 Å². The fourth-order valence-electron chi connectivity index (χ4n) is 3.61. The molecule has 0 saturated carbocycles. The second-order valence-electron chi connectivity index (χ2n) is 7.12. The third kappa shape index (κ3) is 3.68. The first-order valence-corrected chi connectivity index (χ1v) is 9.78. The molecule has 28 heavy (non-hydrogen) atoms. The van der Waals surface area contributed by atoms with Crippen LogP contribution in [0.25, 0.3) is 11.2 Å². The molecule has 3 rings (SSSR count). The van der Waals surface area contributed by atoms with Gasteiger partial charge in [-0.1, -0.05) is 0 Å². The van der Waals surface area contributed by atoms with E-state index in [1.165, 1.54) is 11.6 Å². The maximum atomic E-state index is 12.4. The predicted molar refractivity (Wildman–Crippen MR) is 107 cm³/mol. The van der Waals surface area contributed by atoms with Crippen molar-refractivity contribution in [3.05, 3.63) is 26.7 Å². The first-order valence-electron chi connectivity index (χ1n) is 9.78. The van der Waals surface area contributed by atoms with Crippen LogP contribution in [0.4, 0.5) is 4.79 Å². The Kier molecular flexibility index (Phi) is 5.87. The molecular formula is C18H29N7O3. The average Bonchev–Trinajstić information content (AvgIpc) is 3.15. The molecule has 10 heteroatoms. The van der Waals surface area contributed by atoms with E-state index < -0.39 is 0 Å². The van der Waals surface area contributed by atoms with E-state index >= 15 is 0 Å². The number of rotatable bonds is 5. The smallest absolute Gasteiger partial charge is 0.332 e. The Labute approximate surface area is 163 Å². The minimum atomic E-state index is -0.385. The maximum absolute atomic E-state index is 12.4. The average molecular weight is 391 g/mol. The van der Waals surface area contributed by atoms with Crippen LogP contribution in [-0.2, 0) is 20.5 Å². The van der Waals surface area contributed by atoms with Gasteiger partial charge < -0.3 is 14.8 Å². The van der Waals surface area contributed by atoms with Crippen molar-refractivity contribution in [2.45, 2.75) is 20.3 Å². The van der Waals surface area contributed by atoms with Gasteiger partial charge in [-0.15, -0.1) is 0 Å². The van der Waals surface area contributed by atoms with Gasteiger partial charge in [0.25, 0.3) is 5.56 Å². The normalized spacial score (nSPS) is 15.4. The zero-order chi connectivity index (χ0) is 20.4. The highest BCUT2D eigenvalue weighted by molar-refractivity contribution is 5.74. The zero-order valence-electron chi connectivity index (χ0n) is 17.1. The lowest BCUT2D eigenvalue weighted by molar-refractivity contribution is 0.115. The SMILES string of the molecule is CCN(CC)C(=O)N1CCN(CCc2nc3c([nH]2)c(=O)n(C)c(=O)n3C)CC1. The van der Waals surface area contributed by atoms with Gasteiger partial charge in [-0.25, -0.2) is 14.6 Å². The van der Waals surface area contributed by atoms with Gasteiger partial charge >= 0.3 is 11.7 Å². The summed E-state index contributed by atoms with van der Waals surface area (Å²) in [7, 11) is 3.07. The van der Waals surface area contributed by atoms with Gasteiger partial charge in [-0.05, 0) is 13.8 Å². The summed E-state index contributed by atoms with van der Waals surface area (Å²) in [6, 6.07) is 0.110. The van der Waals surface area contributed by atoms with E-state index in [-0.39, 0.29) is 17.3 Å². The fraction of sp³-hybridized carbons (Fsp3) is 0.667. The number of carbonyl (C=O) groups is 1. The molecule has 0 radical (unpaired) electrons. The lowest BCUT2D eigenvalue weighted by Gasteiger charge is -2.37. The van der Waals surface area contributed by atoms with Crippen LogP contribution in [0.3, 0.4) is 0 Å². The first kappa shape index (κ1) is 20.1. The summed E-state index contributed by atoms with van der Waals surface area (Å²) < 4.78 is 2.46. The van der Waals surface area contributed by atoms with E-state index in [0.717, 1.165) is 37.3 Å². The highest BCUT2D eigenvalue weighted by Gasteiger charge is 2.24. The standard InChI is InChI=1S/C18H29N7O3/c1-5-24(6-2)18(28)25-11-9-23(10-12-25)8-7-13-19-14-15(20-13)21(3)17(27)22(4)16(14)26/h5-12H2,1-4H3,(H,19,20). The molecule has 154 valence electrons. The predicted octanol–water partition coefficient (Wildman–Crippen LogP) is -0.418. The number of carbonyl (C=O) groups excluding carboxylic acids is 1. The van der Waals surface area contributed by atoms with Gasteiger partial charge in [0.05, 0.1) is 0 Å². The van der Waals surface area contributed by atoms with Gasteiger partial charge in [0, 0.05) is 66.3 Å². The fourth-order valence-corrected chi connectivity index (χ4v) is 3.61. The molecule has 1 saturated heterocycles. The van der Waals surface area contributed by atoms with Crippen LogP contribution in [0.2, 0.25) is 0 Å². The molecule has 0 bridgehead atoms. The van der Waals surface area contributed by atoms with Crippen LogP contribution in [0.15, 0.2) is 9.59 Å². The highest BCUT2D eigenvalue weighted by Crippen LogP contribution is 2.09. The molecule has 1 aliphatic heterocycles. The van der Waals surface area contributed by atoms with Gasteiger partial charge in [-0.3, -0.25) is 18.8 Å². The Morgan fingerprint density at radius 1 is 1.07 bits per heavy atom. The number of hydrogen-bond acceptors (Lipinski definition) is 5. The number of urea groups is 1. The second kappa shape index (κ2) is 8.17. The van der Waals surface area contributed by atoms with Gasteiger partial charge in [0.1, 0.15) is 11.3 Å². The Balaban J connectivity index is 1.61. The summed E-state index contributed by atoms with van der Waals surface area (Å²) in [6.07, 6.45) is 0.649. The molecule has 0 spiro atoms. The number of H-pyrrole nitrogens is 1. The molecule has 10 nitrogen and oxygen atoms in total. The minimum Gasteiger partial charge on any atom is -0.336 e. The minimum absolute atomic E-state index is 0.110. The molecule has 1 aliphatic rings. The molecule has 1 N–H and O–H groups in total. The lowest BCUT2D eigenvalue weighted by atomic mass is 10.3. The topological polar surface area (TPSA) is 99.5 Å². The first-order chi connectivity index (χ1) is 13.4. The number of nitrogens with zero attached hydrogens (tertiary/aromatic N) is 6. The van der Waals surface area contributed by atoms with Crippen molar-refractivity contribution in [1.82, 2.24) is 33.8 Å². The zero-order valence-corrected chi connectivity index (χ0v) is 17.1. The van der Waals surface area contributed by atoms with Crippen molar-refractivity contribution in [2.24, 2.45) is 14.1 Å². The monoisotopic (exact) mass is 391 g/mol. The lowest BCUT2D eigenvalue weighted by Crippen LogP contribution is -2.53. The second-order valence-corrected chi connectivity index (χ2v) is 7.12. The molecule has 2 aromatic heterocycles. The molecule has 0 aromatic carbocycles. The Hall–Kier alpha value is -2.62. The van der Waals surface area contributed by atoms with E-state index in [9.17, 15) is 14.4 Å². The molecular weight excluding hydrogens is 362 g/mol. The number of fused-ring (bicyclic) bond motifs is 1. The van der Waals surface area contributed by atoms with Crippen LogP contribution >= 0.6 is 0 Å². The summed E-state index contributed by atoms with van der Waals surface area (Å²) in [5.74, 6) is 0.690. The number of imidazole rings is 1. The molecule has 2 aromatic rings. The quantitative estimate of drug-likeness (QED) is 0.747. The Morgan fingerprint density at radius 2 is 1.71 bits per heavy atom. The van der Waals surface area contributed by atoms with E-state index in [1.54, 1.807) is 7.05 Å². The Bertz CT molecular complexity index is 962. The summed E-state index contributed by atoms with van der Waals surface area (Å²) in [4.78, 5) is 50.2. The summed E-state index contributed by atoms with van der Waals surface area (Å²) in [5, 5.41) is 0. The van der Waals surface area contributed by atoms with Crippen molar-refractivity contribution in [2.75, 3.05) is 45.8 Å². The third-order valence-corrected chi connectivity index (χ3v) is 5.49. The summed E-state index contributed by atoms with van der Waals surface area (Å²) in [5.41, 5.74) is -0.00287. The molecule has 1 fully saturated rings. The molecule has 0 unspecified atom stereocenters. The highest BCUT2D eigenvalue weighted by atomic mass is 16.2. The van der Waals surface area contributed by atoms with E-state index in [0.29, 0.717) is 36.5 Å². The van der Waals surface area contributed by atoms with Crippen LogP contribution in [0.1, 0.15) is 19.7 Å². The number of aromatic nitrogens is 4. The van der Waals surface area contributed by atoms with Gasteiger partial charge in [0.15, 0.2) is 5.65 Å². The number of amides is 2. The largest absolute Gasteiger partial charge is 0.336 e. The van der Waals surface area contributed by atoms with Crippen LogP contribution in [0, 0.1) is 0 Å². The van der Waals surface area contributed by atoms with Gasteiger partial charge in [-0.2, -0.15) is 0 Å². The van der Waals surface area contributed by atoms with E-state index in [2.05, 4.69) is 14.9 Å². The summed E-state index contributed by atoms with van der Waals surface area (Å²) >= 11 is 0. The number of piperazine rings is 1. The third-order valence-electron chi connectivity index (χ3n) is 5.49. The number of hydrogen-bond donors (Lipinski definition) is 1. The van der Waals surface area contributed by atoms with Gasteiger partial charge in [0.2, 0.25) is 0 Å². The summed E-state index contributed by atoms with van der Waals surface area (Å²) in [6.45, 7) is 9.27. The number of aromatic amines is 1. The van der Waals surface area contributed by atoms with Crippen molar-refractivity contribution in [3.63, 3.8) is 0 Å². The number of aryl methyl sites for hydroxylation is 1. The van der Waals surface area contributed by atoms with Crippen molar-refractivity contribution < 1.29 is 4.79 Å². The number of nitrogens with one attached hydrogen (secondary N) is 1. The molecule has 3 heterocycles. The van der Waals surface area contributed by atoms with Crippen molar-refractivity contribution >= 4 is 17.2 Å². The maximum Gasteiger partial charge on any atom is 0.332 e. The Morgan fingerprint density at radius 3 is 2.32 bits per heavy atom. The van der Waals surface area contributed by atoms with Crippen LogP contribution in [-0.4, -0.2) is 85.6 Å². The molecule has 0 atom stereocenters. The van der Waals surface area contributed by atoms with Crippen LogP contribution < -0.4 is 11.2 Å². The molecule has 0 aliphatic carbocycles. The van der Waals surface area contributed by atoms with E-state index in [1.807, 2.05) is 23.6 Å². The van der Waals surface area contributed by atoms with Crippen molar-refractivity contribution in [1.29, 1.82) is 0 Å². The van der Waals surface area contributed by atoms with E-state index in [4.69, 9.17) is 0 Å². The molecule has 2 amide bonds.